The standard InChI is InChI=1S/C26H28N6O4/c1-6-9-30-24(35)20-8-7-18(23(34)27-15(2)3)13-21(20)32-25(30)29-31(26(32)36)14-22(33)28-19-11-16(4)10-17(5)12-19/h6-8,10-13,15H,1,9,14H2,2-5H3,(H,27,34)(H,28,33). The van der Waals surface area contributed by atoms with Crippen LogP contribution >= 0.6 is 0 Å². The fraction of sp³-hybridized carbons (Fsp3) is 0.269. The van der Waals surface area contributed by atoms with Crippen LogP contribution in [0.2, 0.25) is 0 Å². The first-order chi connectivity index (χ1) is 17.1. The van der Waals surface area contributed by atoms with E-state index in [9.17, 15) is 19.2 Å². The Labute approximate surface area is 206 Å². The van der Waals surface area contributed by atoms with E-state index in [4.69, 9.17) is 0 Å². The molecule has 2 aromatic carbocycles. The van der Waals surface area contributed by atoms with Crippen LogP contribution in [0.1, 0.15) is 35.3 Å². The number of rotatable bonds is 7. The minimum atomic E-state index is -0.607. The third-order valence-electron chi connectivity index (χ3n) is 5.57. The zero-order chi connectivity index (χ0) is 26.1. The predicted octanol–water partition coefficient (Wildman–Crippen LogP) is 2.39. The third kappa shape index (κ3) is 4.70. The molecule has 0 atom stereocenters. The highest BCUT2D eigenvalue weighted by Gasteiger charge is 2.20. The molecule has 2 heterocycles. The largest absolute Gasteiger partial charge is 0.352 e. The first-order valence-corrected chi connectivity index (χ1v) is 11.5. The zero-order valence-electron chi connectivity index (χ0n) is 20.7. The van der Waals surface area contributed by atoms with Crippen molar-refractivity contribution < 1.29 is 9.59 Å². The number of nitrogens with zero attached hydrogens (tertiary/aromatic N) is 4. The van der Waals surface area contributed by atoms with Crippen molar-refractivity contribution in [2.75, 3.05) is 5.32 Å². The zero-order valence-corrected chi connectivity index (χ0v) is 20.7. The molecule has 4 rings (SSSR count). The van der Waals surface area contributed by atoms with Gasteiger partial charge >= 0.3 is 5.69 Å². The molecule has 0 unspecified atom stereocenters. The van der Waals surface area contributed by atoms with Crippen LogP contribution in [0.3, 0.4) is 0 Å². The summed E-state index contributed by atoms with van der Waals surface area (Å²) < 4.78 is 3.56. The Kier molecular flexibility index (Phi) is 6.61. The Morgan fingerprint density at radius 3 is 2.42 bits per heavy atom. The fourth-order valence-electron chi connectivity index (χ4n) is 4.18. The molecule has 0 radical (unpaired) electrons. The Balaban J connectivity index is 1.83. The van der Waals surface area contributed by atoms with Crippen LogP contribution in [0.5, 0.6) is 0 Å². The number of aryl methyl sites for hydroxylation is 2. The van der Waals surface area contributed by atoms with Crippen molar-refractivity contribution in [3.8, 4) is 0 Å². The van der Waals surface area contributed by atoms with Crippen LogP contribution in [0.25, 0.3) is 16.7 Å². The van der Waals surface area contributed by atoms with Gasteiger partial charge in [-0.2, -0.15) is 0 Å². The van der Waals surface area contributed by atoms with Gasteiger partial charge in [-0.15, -0.1) is 11.7 Å². The third-order valence-corrected chi connectivity index (χ3v) is 5.57. The van der Waals surface area contributed by atoms with E-state index in [1.54, 1.807) is 0 Å². The molecule has 4 aromatic rings. The SMILES string of the molecule is C=CCn1c(=O)c2ccc(C(=O)NC(C)C)cc2n2c(=O)n(CC(=O)Nc3cc(C)cc(C)c3)nc12. The van der Waals surface area contributed by atoms with Gasteiger partial charge in [0.05, 0.1) is 10.9 Å². The molecular weight excluding hydrogens is 460 g/mol. The number of hydrogen-bond acceptors (Lipinski definition) is 5. The van der Waals surface area contributed by atoms with Crippen LogP contribution in [0.4, 0.5) is 5.69 Å². The summed E-state index contributed by atoms with van der Waals surface area (Å²) in [5.74, 6) is -0.717. The summed E-state index contributed by atoms with van der Waals surface area (Å²) >= 11 is 0. The van der Waals surface area contributed by atoms with Crippen LogP contribution in [0.15, 0.2) is 58.6 Å². The molecule has 2 amide bonds. The van der Waals surface area contributed by atoms with E-state index in [-0.39, 0.29) is 47.3 Å². The smallest absolute Gasteiger partial charge is 0.350 e. The highest BCUT2D eigenvalue weighted by Crippen LogP contribution is 2.16. The number of anilines is 1. The number of carbonyl (C=O) groups excluding carboxylic acids is 2. The Morgan fingerprint density at radius 2 is 1.78 bits per heavy atom. The number of hydrogen-bond donors (Lipinski definition) is 2. The molecule has 10 nitrogen and oxygen atoms in total. The second kappa shape index (κ2) is 9.65. The first-order valence-electron chi connectivity index (χ1n) is 11.5. The lowest BCUT2D eigenvalue weighted by molar-refractivity contribution is -0.117. The van der Waals surface area contributed by atoms with Crippen molar-refractivity contribution in [2.45, 2.75) is 46.8 Å². The maximum atomic E-state index is 13.4. The summed E-state index contributed by atoms with van der Waals surface area (Å²) in [6.07, 6.45) is 1.52. The predicted molar refractivity (Wildman–Crippen MR) is 139 cm³/mol. The van der Waals surface area contributed by atoms with Crippen molar-refractivity contribution in [3.63, 3.8) is 0 Å². The number of aromatic nitrogens is 4. The summed E-state index contributed by atoms with van der Waals surface area (Å²) in [6, 6.07) is 10.1. The van der Waals surface area contributed by atoms with Gasteiger partial charge in [-0.1, -0.05) is 12.1 Å². The molecule has 36 heavy (non-hydrogen) atoms. The molecule has 0 aliphatic rings. The van der Waals surface area contributed by atoms with E-state index >= 15 is 0 Å². The number of amides is 2. The van der Waals surface area contributed by atoms with Crippen LogP contribution in [-0.2, 0) is 17.9 Å². The molecule has 0 bridgehead atoms. The van der Waals surface area contributed by atoms with E-state index in [1.807, 2.05) is 45.9 Å². The van der Waals surface area contributed by atoms with Gasteiger partial charge in [0.1, 0.15) is 6.54 Å². The van der Waals surface area contributed by atoms with Gasteiger partial charge in [-0.3, -0.25) is 19.0 Å². The Morgan fingerprint density at radius 1 is 1.08 bits per heavy atom. The molecular formula is C26H28N6O4. The summed E-state index contributed by atoms with van der Waals surface area (Å²) in [5.41, 5.74) is 2.14. The van der Waals surface area contributed by atoms with Gasteiger partial charge in [0.15, 0.2) is 0 Å². The van der Waals surface area contributed by atoms with Crippen LogP contribution in [0, 0.1) is 13.8 Å². The summed E-state index contributed by atoms with van der Waals surface area (Å²) in [5, 5.41) is 10.1. The molecule has 0 fully saturated rings. The van der Waals surface area contributed by atoms with Gasteiger partial charge < -0.3 is 10.6 Å². The van der Waals surface area contributed by atoms with E-state index in [0.29, 0.717) is 11.3 Å². The number of nitrogens with one attached hydrogen (secondary N) is 2. The number of allylic oxidation sites excluding steroid dienone is 1. The van der Waals surface area contributed by atoms with Crippen molar-refractivity contribution in [3.05, 3.63) is 86.6 Å². The van der Waals surface area contributed by atoms with E-state index in [0.717, 1.165) is 15.8 Å². The quantitative estimate of drug-likeness (QED) is 0.387. The normalized spacial score (nSPS) is 11.2. The highest BCUT2D eigenvalue weighted by molar-refractivity contribution is 5.98. The lowest BCUT2D eigenvalue weighted by atomic mass is 10.1. The molecule has 0 saturated heterocycles. The van der Waals surface area contributed by atoms with Gasteiger partial charge in [0.25, 0.3) is 11.5 Å². The molecule has 2 N–H and O–H groups in total. The van der Waals surface area contributed by atoms with Gasteiger partial charge in [0, 0.05) is 23.8 Å². The molecule has 186 valence electrons. The number of carbonyl (C=O) groups is 2. The van der Waals surface area contributed by atoms with Crippen molar-refractivity contribution in [2.24, 2.45) is 0 Å². The van der Waals surface area contributed by atoms with E-state index in [2.05, 4.69) is 22.3 Å². The Bertz CT molecular complexity index is 1620. The fourth-order valence-corrected chi connectivity index (χ4v) is 4.18. The van der Waals surface area contributed by atoms with E-state index in [1.165, 1.54) is 33.2 Å². The molecule has 2 aromatic heterocycles. The van der Waals surface area contributed by atoms with Gasteiger partial charge in [0.2, 0.25) is 11.7 Å². The second-order valence-corrected chi connectivity index (χ2v) is 9.06. The van der Waals surface area contributed by atoms with Crippen molar-refractivity contribution in [1.29, 1.82) is 0 Å². The monoisotopic (exact) mass is 488 g/mol. The second-order valence-electron chi connectivity index (χ2n) is 9.06. The molecule has 0 aliphatic carbocycles. The lowest BCUT2D eigenvalue weighted by Crippen LogP contribution is -2.31. The summed E-state index contributed by atoms with van der Waals surface area (Å²) in [4.78, 5) is 52.0. The molecule has 0 aliphatic heterocycles. The number of fused-ring (bicyclic) bond motifs is 3. The average Bonchev–Trinajstić information content (AvgIpc) is 3.10. The van der Waals surface area contributed by atoms with Crippen LogP contribution in [-0.4, -0.2) is 36.6 Å². The molecule has 0 saturated carbocycles. The number of benzene rings is 2. The molecule has 10 heteroatoms. The van der Waals surface area contributed by atoms with E-state index < -0.39 is 11.6 Å². The van der Waals surface area contributed by atoms with Gasteiger partial charge in [-0.25, -0.2) is 13.9 Å². The first kappa shape index (κ1) is 24.6. The summed E-state index contributed by atoms with van der Waals surface area (Å²) in [7, 11) is 0. The maximum Gasteiger partial charge on any atom is 0.352 e. The lowest BCUT2D eigenvalue weighted by Gasteiger charge is -2.11. The maximum absolute atomic E-state index is 13.4. The van der Waals surface area contributed by atoms with Crippen molar-refractivity contribution >= 4 is 34.2 Å². The minimum absolute atomic E-state index is 0.0537. The van der Waals surface area contributed by atoms with Gasteiger partial charge in [-0.05, 0) is 69.2 Å². The average molecular weight is 489 g/mol. The van der Waals surface area contributed by atoms with Crippen LogP contribution < -0.4 is 21.9 Å². The van der Waals surface area contributed by atoms with Crippen molar-refractivity contribution in [1.82, 2.24) is 24.1 Å². The summed E-state index contributed by atoms with van der Waals surface area (Å²) in [6.45, 7) is 11.0. The topological polar surface area (TPSA) is 120 Å². The Hall–Kier alpha value is -4.47. The molecule has 0 spiro atoms. The highest BCUT2D eigenvalue weighted by atomic mass is 16.2. The minimum Gasteiger partial charge on any atom is -0.350 e.